The number of aromatic nitrogens is 2. The van der Waals surface area contributed by atoms with Gasteiger partial charge in [0.1, 0.15) is 0 Å². The van der Waals surface area contributed by atoms with Crippen LogP contribution in [0.3, 0.4) is 0 Å². The molecule has 0 aliphatic heterocycles. The molecule has 3 rings (SSSR count). The van der Waals surface area contributed by atoms with Gasteiger partial charge in [-0.2, -0.15) is 0 Å². The lowest BCUT2D eigenvalue weighted by molar-refractivity contribution is -0.120. The van der Waals surface area contributed by atoms with Crippen LogP contribution >= 0.6 is 11.8 Å². The van der Waals surface area contributed by atoms with Crippen molar-refractivity contribution in [3.63, 3.8) is 0 Å². The van der Waals surface area contributed by atoms with E-state index in [4.69, 9.17) is 4.42 Å². The summed E-state index contributed by atoms with van der Waals surface area (Å²) in [6.45, 7) is 2.65. The van der Waals surface area contributed by atoms with Crippen LogP contribution in [0.1, 0.15) is 39.0 Å². The third kappa shape index (κ3) is 4.60. The minimum Gasteiger partial charge on any atom is -0.411 e. The Morgan fingerprint density at radius 1 is 1.25 bits per heavy atom. The van der Waals surface area contributed by atoms with Crippen LogP contribution in [-0.2, 0) is 4.79 Å². The minimum absolute atomic E-state index is 0.0324. The van der Waals surface area contributed by atoms with Crippen molar-refractivity contribution in [1.29, 1.82) is 0 Å². The molecule has 1 aliphatic rings. The van der Waals surface area contributed by atoms with Crippen LogP contribution in [0.5, 0.6) is 0 Å². The fraction of sp³-hybridized carbons (Fsp3) is 0.500. The van der Waals surface area contributed by atoms with Crippen molar-refractivity contribution >= 4 is 17.7 Å². The highest BCUT2D eigenvalue weighted by Crippen LogP contribution is 2.26. The standard InChI is InChI=1S/C18H23N3O2S/c1-13(16(22)19-12-14-8-4-2-5-9-14)24-18-21-20-17(23-18)15-10-6-3-7-11-15/h3,6-7,10-11,13-14H,2,4-5,8-9,12H2,1H3,(H,19,22). The lowest BCUT2D eigenvalue weighted by Crippen LogP contribution is -2.35. The maximum absolute atomic E-state index is 12.2. The number of hydrogen-bond donors (Lipinski definition) is 1. The largest absolute Gasteiger partial charge is 0.411 e. The first kappa shape index (κ1) is 17.0. The van der Waals surface area contributed by atoms with Crippen molar-refractivity contribution in [2.75, 3.05) is 6.54 Å². The summed E-state index contributed by atoms with van der Waals surface area (Å²) < 4.78 is 5.65. The number of amides is 1. The van der Waals surface area contributed by atoms with Gasteiger partial charge in [-0.05, 0) is 37.8 Å². The zero-order valence-electron chi connectivity index (χ0n) is 13.9. The quantitative estimate of drug-likeness (QED) is 0.804. The molecule has 0 saturated heterocycles. The Hall–Kier alpha value is -1.82. The minimum atomic E-state index is -0.252. The number of carbonyl (C=O) groups excluding carboxylic acids is 1. The average molecular weight is 345 g/mol. The van der Waals surface area contributed by atoms with E-state index in [0.29, 0.717) is 17.0 Å². The molecule has 1 aliphatic carbocycles. The third-order valence-electron chi connectivity index (χ3n) is 4.36. The lowest BCUT2D eigenvalue weighted by atomic mass is 9.89. The van der Waals surface area contributed by atoms with E-state index in [1.165, 1.54) is 43.9 Å². The highest BCUT2D eigenvalue weighted by atomic mass is 32.2. The van der Waals surface area contributed by atoms with Gasteiger partial charge in [0.25, 0.3) is 5.22 Å². The Morgan fingerprint density at radius 2 is 2.00 bits per heavy atom. The SMILES string of the molecule is CC(Sc1nnc(-c2ccccc2)o1)C(=O)NCC1CCCCC1. The molecule has 128 valence electrons. The first-order chi connectivity index (χ1) is 11.7. The molecule has 1 amide bonds. The van der Waals surface area contributed by atoms with Crippen molar-refractivity contribution in [3.8, 4) is 11.5 Å². The smallest absolute Gasteiger partial charge is 0.277 e. The summed E-state index contributed by atoms with van der Waals surface area (Å²) in [5, 5.41) is 11.3. The van der Waals surface area contributed by atoms with E-state index >= 15 is 0 Å². The maximum atomic E-state index is 12.2. The number of hydrogen-bond acceptors (Lipinski definition) is 5. The Morgan fingerprint density at radius 3 is 2.75 bits per heavy atom. The number of nitrogens with zero attached hydrogens (tertiary/aromatic N) is 2. The molecule has 1 aromatic carbocycles. The fourth-order valence-electron chi connectivity index (χ4n) is 2.94. The van der Waals surface area contributed by atoms with Crippen LogP contribution in [0.25, 0.3) is 11.5 Å². The summed E-state index contributed by atoms with van der Waals surface area (Å²) in [7, 11) is 0. The van der Waals surface area contributed by atoms with Gasteiger partial charge in [0.05, 0.1) is 5.25 Å². The maximum Gasteiger partial charge on any atom is 0.277 e. The summed E-state index contributed by atoms with van der Waals surface area (Å²) in [5.41, 5.74) is 0.881. The molecule has 1 fully saturated rings. The number of carbonyl (C=O) groups is 1. The van der Waals surface area contributed by atoms with Gasteiger partial charge < -0.3 is 9.73 Å². The Bertz CT molecular complexity index is 653. The molecule has 1 N–H and O–H groups in total. The van der Waals surface area contributed by atoms with Crippen LogP contribution in [0.2, 0.25) is 0 Å². The molecule has 24 heavy (non-hydrogen) atoms. The van der Waals surface area contributed by atoms with Crippen LogP contribution in [0, 0.1) is 5.92 Å². The second-order valence-electron chi connectivity index (χ2n) is 6.25. The van der Waals surface area contributed by atoms with Crippen LogP contribution in [0.15, 0.2) is 40.0 Å². The Kier molecular flexibility index (Phi) is 5.91. The third-order valence-corrected chi connectivity index (χ3v) is 5.30. The Balaban J connectivity index is 1.50. The summed E-state index contributed by atoms with van der Waals surface area (Å²) in [6.07, 6.45) is 6.36. The van der Waals surface area contributed by atoms with Gasteiger partial charge in [-0.3, -0.25) is 4.79 Å². The van der Waals surface area contributed by atoms with E-state index in [0.717, 1.165) is 12.1 Å². The molecule has 0 radical (unpaired) electrons. The van der Waals surface area contributed by atoms with Crippen molar-refractivity contribution < 1.29 is 9.21 Å². The number of nitrogens with one attached hydrogen (secondary N) is 1. The van der Waals surface area contributed by atoms with Gasteiger partial charge in [0.2, 0.25) is 11.8 Å². The number of rotatable bonds is 6. The van der Waals surface area contributed by atoms with E-state index < -0.39 is 0 Å². The van der Waals surface area contributed by atoms with Gasteiger partial charge >= 0.3 is 0 Å². The number of benzene rings is 1. The topological polar surface area (TPSA) is 68.0 Å². The predicted molar refractivity (Wildman–Crippen MR) is 94.6 cm³/mol. The fourth-order valence-corrected chi connectivity index (χ4v) is 3.65. The van der Waals surface area contributed by atoms with E-state index in [2.05, 4.69) is 15.5 Å². The molecule has 1 saturated carbocycles. The summed E-state index contributed by atoms with van der Waals surface area (Å²) in [5.74, 6) is 1.14. The molecule has 1 atom stereocenters. The number of thioether (sulfide) groups is 1. The highest BCUT2D eigenvalue weighted by molar-refractivity contribution is 8.00. The molecule has 1 unspecified atom stereocenters. The first-order valence-corrected chi connectivity index (χ1v) is 9.43. The van der Waals surface area contributed by atoms with E-state index in [1.54, 1.807) is 0 Å². The van der Waals surface area contributed by atoms with Gasteiger partial charge in [0.15, 0.2) is 0 Å². The van der Waals surface area contributed by atoms with Crippen LogP contribution in [0.4, 0.5) is 0 Å². The van der Waals surface area contributed by atoms with E-state index in [1.807, 2.05) is 37.3 Å². The molecule has 1 aromatic heterocycles. The molecular formula is C18H23N3O2S. The molecule has 2 aromatic rings. The molecule has 0 bridgehead atoms. The molecule has 5 nitrogen and oxygen atoms in total. The van der Waals surface area contributed by atoms with Gasteiger partial charge in [-0.25, -0.2) is 0 Å². The van der Waals surface area contributed by atoms with Crippen molar-refractivity contribution in [2.45, 2.75) is 49.5 Å². The first-order valence-electron chi connectivity index (χ1n) is 8.55. The zero-order valence-corrected chi connectivity index (χ0v) is 14.7. The van der Waals surface area contributed by atoms with Crippen LogP contribution < -0.4 is 5.32 Å². The second-order valence-corrected chi connectivity index (χ2v) is 7.54. The van der Waals surface area contributed by atoms with Crippen molar-refractivity contribution in [3.05, 3.63) is 30.3 Å². The van der Waals surface area contributed by atoms with E-state index in [9.17, 15) is 4.79 Å². The second kappa shape index (κ2) is 8.33. The molecular weight excluding hydrogens is 322 g/mol. The van der Waals surface area contributed by atoms with E-state index in [-0.39, 0.29) is 11.2 Å². The monoisotopic (exact) mass is 345 g/mol. The van der Waals surface area contributed by atoms with Crippen molar-refractivity contribution in [2.24, 2.45) is 5.92 Å². The molecule has 1 heterocycles. The Labute approximate surface area is 146 Å². The van der Waals surface area contributed by atoms with Gasteiger partial charge in [-0.1, -0.05) is 49.2 Å². The highest BCUT2D eigenvalue weighted by Gasteiger charge is 2.20. The van der Waals surface area contributed by atoms with Gasteiger partial charge in [0, 0.05) is 12.1 Å². The molecule has 0 spiro atoms. The summed E-state index contributed by atoms with van der Waals surface area (Å²) >= 11 is 1.30. The zero-order chi connectivity index (χ0) is 16.8. The van der Waals surface area contributed by atoms with Crippen LogP contribution in [-0.4, -0.2) is 27.9 Å². The average Bonchev–Trinajstić information content (AvgIpc) is 3.10. The van der Waals surface area contributed by atoms with Crippen molar-refractivity contribution in [1.82, 2.24) is 15.5 Å². The normalized spacial score (nSPS) is 16.7. The summed E-state index contributed by atoms with van der Waals surface area (Å²) in [6, 6.07) is 9.63. The predicted octanol–water partition coefficient (Wildman–Crippen LogP) is 3.91. The van der Waals surface area contributed by atoms with Gasteiger partial charge in [-0.15, -0.1) is 10.2 Å². The lowest BCUT2D eigenvalue weighted by Gasteiger charge is -2.22. The summed E-state index contributed by atoms with van der Waals surface area (Å²) in [4.78, 5) is 12.2. The molecule has 6 heteroatoms.